The maximum Gasteiger partial charge on any atom is 0.409 e. The maximum atomic E-state index is 14.2. The van der Waals surface area contributed by atoms with Crippen molar-refractivity contribution in [3.63, 3.8) is 0 Å². The van der Waals surface area contributed by atoms with Crippen LogP contribution in [0.2, 0.25) is 5.02 Å². The molecule has 16 heteroatoms. The van der Waals surface area contributed by atoms with Crippen LogP contribution in [0.15, 0.2) is 35.9 Å². The molecule has 1 aromatic rings. The molecule has 13 nitrogen and oxygen atoms in total. The second-order valence-electron chi connectivity index (χ2n) is 15.4. The van der Waals surface area contributed by atoms with Gasteiger partial charge >= 0.3 is 12.1 Å². The van der Waals surface area contributed by atoms with Gasteiger partial charge < -0.3 is 38.6 Å². The van der Waals surface area contributed by atoms with Gasteiger partial charge in [0.2, 0.25) is 11.8 Å². The molecule has 4 rings (SSSR count). The number of alkyl carbamates (subject to hydrolysis) is 1. The average Bonchev–Trinajstić information content (AvgIpc) is 3.82. The standard InChI is InChI=1S/C39H56ClN3O10S2/c1-22-13-12-14-29(50-10)39(48)21-28(51-36(47)41-39)23(2)34-38(6,53-34)30(20-32(45)43(8)26-18-25(17-22)19-27(49-9)33(26)40)52-35(46)24(3)42(7)31(44)15-16-37(4,5)55-54-11/h12-14,18-19,23-24,28-30,34,48H,15-17,20-21H2,1-11H3,(H,41,47)/b14-12+,22-13-/t23-,24-,28+,29-,30+,34+,38+,39+/m1/s1. The molecule has 0 aliphatic carbocycles. The number of rotatable bonds is 10. The van der Waals surface area contributed by atoms with Crippen LogP contribution >= 0.6 is 33.2 Å². The molecule has 0 aromatic heterocycles. The Kier molecular flexibility index (Phi) is 14.7. The summed E-state index contributed by atoms with van der Waals surface area (Å²) in [7, 11) is 9.39. The largest absolute Gasteiger partial charge is 0.495 e. The van der Waals surface area contributed by atoms with Crippen molar-refractivity contribution in [3.8, 4) is 5.75 Å². The van der Waals surface area contributed by atoms with Crippen molar-refractivity contribution < 1.29 is 48.0 Å². The number of anilines is 1. The summed E-state index contributed by atoms with van der Waals surface area (Å²) in [5, 5.41) is 14.5. The van der Waals surface area contributed by atoms with Crippen LogP contribution in [0.3, 0.4) is 0 Å². The third kappa shape index (κ3) is 10.5. The molecule has 2 N–H and O–H groups in total. The van der Waals surface area contributed by atoms with Crippen LogP contribution in [0, 0.1) is 5.92 Å². The fourth-order valence-electron chi connectivity index (χ4n) is 7.07. The van der Waals surface area contributed by atoms with E-state index in [4.69, 9.17) is 35.3 Å². The summed E-state index contributed by atoms with van der Waals surface area (Å²) < 4.78 is 29.2. The number of fused-ring (bicyclic) bond motifs is 5. The summed E-state index contributed by atoms with van der Waals surface area (Å²) in [6, 6.07) is 2.62. The molecule has 2 saturated heterocycles. The molecule has 3 amide bonds. The van der Waals surface area contributed by atoms with E-state index in [2.05, 4.69) is 19.2 Å². The van der Waals surface area contributed by atoms with Crippen LogP contribution in [0.5, 0.6) is 5.75 Å². The van der Waals surface area contributed by atoms with E-state index in [9.17, 15) is 24.3 Å². The summed E-state index contributed by atoms with van der Waals surface area (Å²) >= 11 is 6.78. The summed E-state index contributed by atoms with van der Waals surface area (Å²) in [6.45, 7) is 11.2. The normalized spacial score (nSPS) is 30.8. The number of ether oxygens (including phenoxy) is 5. The van der Waals surface area contributed by atoms with E-state index >= 15 is 0 Å². The van der Waals surface area contributed by atoms with Crippen LogP contribution in [-0.2, 0) is 39.8 Å². The topological polar surface area (TPSA) is 156 Å². The van der Waals surface area contributed by atoms with Gasteiger partial charge in [-0.1, -0.05) is 63.9 Å². The number of nitrogens with one attached hydrogen (secondary N) is 1. The lowest BCUT2D eigenvalue weighted by Gasteiger charge is -2.42. The average molecular weight is 826 g/mol. The molecule has 3 aliphatic heterocycles. The number of benzene rings is 1. The Hall–Kier alpha value is -2.95. The van der Waals surface area contributed by atoms with E-state index < -0.39 is 65.7 Å². The minimum absolute atomic E-state index is 0.0478. The van der Waals surface area contributed by atoms with Crippen molar-refractivity contribution in [2.75, 3.05) is 39.5 Å². The van der Waals surface area contributed by atoms with Crippen molar-refractivity contribution in [3.05, 3.63) is 46.5 Å². The number of amides is 3. The summed E-state index contributed by atoms with van der Waals surface area (Å²) in [5.74, 6) is -1.50. The first-order valence-electron chi connectivity index (χ1n) is 18.3. The van der Waals surface area contributed by atoms with E-state index in [1.54, 1.807) is 73.8 Å². The zero-order valence-electron chi connectivity index (χ0n) is 33.6. The zero-order chi connectivity index (χ0) is 41.0. The second-order valence-corrected chi connectivity index (χ2v) is 18.9. The first-order chi connectivity index (χ1) is 25.7. The van der Waals surface area contributed by atoms with Crippen LogP contribution in [0.4, 0.5) is 10.5 Å². The fourth-order valence-corrected chi connectivity index (χ4v) is 9.62. The van der Waals surface area contributed by atoms with Gasteiger partial charge in [-0.3, -0.25) is 14.9 Å². The number of hydrogen-bond donors (Lipinski definition) is 2. The highest BCUT2D eigenvalue weighted by atomic mass is 35.5. The number of halogens is 1. The summed E-state index contributed by atoms with van der Waals surface area (Å²) in [6.07, 6.45) is 3.81. The first kappa shape index (κ1) is 44.8. The number of methoxy groups -OCH3 is 2. The molecule has 2 fully saturated rings. The van der Waals surface area contributed by atoms with Gasteiger partial charge in [0.1, 0.15) is 40.7 Å². The predicted octanol–water partition coefficient (Wildman–Crippen LogP) is 6.08. The van der Waals surface area contributed by atoms with Crippen LogP contribution < -0.4 is 15.0 Å². The van der Waals surface area contributed by atoms with Crippen molar-refractivity contribution >= 4 is 62.8 Å². The molecule has 0 radical (unpaired) electrons. The second kappa shape index (κ2) is 18.1. The SMILES string of the molecule is COc1cc2cc(c1Cl)N(C)C(=O)C[C@H](OC(=O)[C@@H](C)N(C)C(=O)CCC(C)(C)SSC)[C@]1(C)O[C@H]1[C@H](C)[C@@H]1C[C@@](O)(NC(=O)O1)[C@H](OC)/C=C/C=C(/C)C2. The molecule has 4 bridgehead atoms. The molecule has 3 heterocycles. The molecule has 0 spiro atoms. The number of allylic oxidation sites excluding steroid dienone is 3. The molecule has 306 valence electrons. The molecular weight excluding hydrogens is 770 g/mol. The van der Waals surface area contributed by atoms with E-state index in [1.165, 1.54) is 24.0 Å². The van der Waals surface area contributed by atoms with Gasteiger partial charge in [-0.05, 0) is 71.4 Å². The number of epoxide rings is 1. The van der Waals surface area contributed by atoms with Crippen LogP contribution in [-0.4, -0.2) is 115 Å². The van der Waals surface area contributed by atoms with Gasteiger partial charge in [0.15, 0.2) is 5.72 Å². The van der Waals surface area contributed by atoms with Crippen molar-refractivity contribution in [2.24, 2.45) is 5.92 Å². The van der Waals surface area contributed by atoms with Crippen molar-refractivity contribution in [2.45, 2.75) is 120 Å². The number of hydrogen-bond acceptors (Lipinski definition) is 12. The predicted molar refractivity (Wildman–Crippen MR) is 215 cm³/mol. The highest BCUT2D eigenvalue weighted by Gasteiger charge is 2.64. The molecule has 3 aliphatic rings. The Morgan fingerprint density at radius 3 is 2.58 bits per heavy atom. The van der Waals surface area contributed by atoms with Crippen molar-refractivity contribution in [1.82, 2.24) is 10.2 Å². The highest BCUT2D eigenvalue weighted by Crippen LogP contribution is 2.49. The molecule has 0 saturated carbocycles. The number of carbonyl (C=O) groups is 4. The molecule has 55 heavy (non-hydrogen) atoms. The Balaban J connectivity index is 1.71. The molecule has 8 atom stereocenters. The Morgan fingerprint density at radius 2 is 1.95 bits per heavy atom. The van der Waals surface area contributed by atoms with Gasteiger partial charge in [-0.2, -0.15) is 0 Å². The van der Waals surface area contributed by atoms with Gasteiger partial charge in [-0.25, -0.2) is 9.59 Å². The monoisotopic (exact) mass is 825 g/mol. The minimum atomic E-state index is -1.83. The van der Waals surface area contributed by atoms with Gasteiger partial charge in [0.25, 0.3) is 0 Å². The number of nitrogens with zero attached hydrogens (tertiary/aromatic N) is 2. The lowest BCUT2D eigenvalue weighted by atomic mass is 9.83. The Labute approximate surface area is 337 Å². The highest BCUT2D eigenvalue weighted by molar-refractivity contribution is 8.76. The van der Waals surface area contributed by atoms with Crippen LogP contribution in [0.1, 0.15) is 72.8 Å². The lowest BCUT2D eigenvalue weighted by Crippen LogP contribution is -2.63. The number of likely N-dealkylation sites (N-methyl/N-ethyl adjacent to an activating group) is 1. The summed E-state index contributed by atoms with van der Waals surface area (Å²) in [5.41, 5.74) is -0.900. The van der Waals surface area contributed by atoms with E-state index in [0.29, 0.717) is 24.3 Å². The van der Waals surface area contributed by atoms with E-state index in [-0.39, 0.29) is 34.9 Å². The fraction of sp³-hybridized carbons (Fsp3) is 0.641. The third-order valence-electron chi connectivity index (χ3n) is 10.8. The Morgan fingerprint density at radius 1 is 1.25 bits per heavy atom. The quantitative estimate of drug-likeness (QED) is 0.160. The van der Waals surface area contributed by atoms with E-state index in [1.807, 2.05) is 26.2 Å². The first-order valence-corrected chi connectivity index (χ1v) is 21.2. The molecule has 1 aromatic carbocycles. The molecule has 0 unspecified atom stereocenters. The van der Waals surface area contributed by atoms with Gasteiger partial charge in [-0.15, -0.1) is 0 Å². The van der Waals surface area contributed by atoms with Crippen molar-refractivity contribution in [1.29, 1.82) is 0 Å². The van der Waals surface area contributed by atoms with E-state index in [0.717, 1.165) is 11.1 Å². The van der Waals surface area contributed by atoms with Gasteiger partial charge in [0, 0.05) is 44.7 Å². The maximum absolute atomic E-state index is 14.2. The number of carbonyl (C=O) groups excluding carboxylic acids is 4. The number of aliphatic hydroxyl groups is 1. The zero-order valence-corrected chi connectivity index (χ0v) is 36.0. The summed E-state index contributed by atoms with van der Waals surface area (Å²) in [4.78, 5) is 56.9. The third-order valence-corrected chi connectivity index (χ3v) is 13.8. The van der Waals surface area contributed by atoms with Crippen LogP contribution in [0.25, 0.3) is 0 Å². The smallest absolute Gasteiger partial charge is 0.409 e. The minimum Gasteiger partial charge on any atom is -0.495 e. The lowest BCUT2D eigenvalue weighted by molar-refractivity contribution is -0.162. The van der Waals surface area contributed by atoms with Gasteiger partial charge in [0.05, 0.1) is 25.3 Å². The molecular formula is C39H56ClN3O10S2. The number of esters is 1. The Bertz CT molecular complexity index is 1680.